The molecule has 0 radical (unpaired) electrons. The summed E-state index contributed by atoms with van der Waals surface area (Å²) in [6, 6.07) is -0.640. The summed E-state index contributed by atoms with van der Waals surface area (Å²) in [6.07, 6.45) is 65.5. The molecular weight excluding hydrogens is 779 g/mol. The van der Waals surface area contributed by atoms with Crippen LogP contribution in [0.4, 0.5) is 0 Å². The molecule has 6 heteroatoms. The Hall–Kier alpha value is -2.18. The van der Waals surface area contributed by atoms with Crippen molar-refractivity contribution in [1.29, 1.82) is 0 Å². The second-order valence-electron chi connectivity index (χ2n) is 18.5. The Morgan fingerprint density at radius 1 is 0.444 bits per heavy atom. The minimum absolute atomic E-state index is 0.0251. The molecule has 0 heterocycles. The van der Waals surface area contributed by atoms with Crippen LogP contribution in [0.25, 0.3) is 0 Å². The molecule has 0 aliphatic rings. The van der Waals surface area contributed by atoms with Crippen molar-refractivity contribution in [2.24, 2.45) is 0 Å². The van der Waals surface area contributed by atoms with E-state index in [0.717, 1.165) is 83.5 Å². The van der Waals surface area contributed by atoms with E-state index >= 15 is 0 Å². The lowest BCUT2D eigenvalue weighted by Crippen LogP contribution is -2.45. The minimum atomic E-state index is -0.855. The second-order valence-corrected chi connectivity index (χ2v) is 18.5. The van der Waals surface area contributed by atoms with Gasteiger partial charge < -0.3 is 20.3 Å². The van der Waals surface area contributed by atoms with Crippen LogP contribution in [0.3, 0.4) is 0 Å². The Balaban J connectivity index is 3.54. The van der Waals surface area contributed by atoms with Crippen LogP contribution in [-0.2, 0) is 14.3 Å². The largest absolute Gasteiger partial charge is 0.466 e. The third kappa shape index (κ3) is 49.1. The molecule has 0 spiro atoms. The summed E-state index contributed by atoms with van der Waals surface area (Å²) in [5, 5.41) is 23.0. The molecule has 0 aromatic heterocycles. The third-order valence-corrected chi connectivity index (χ3v) is 12.3. The molecule has 2 atom stereocenters. The third-order valence-electron chi connectivity index (χ3n) is 12.3. The standard InChI is InChI=1S/C57H105NO5/c1-3-5-7-9-11-13-15-17-22-27-31-35-39-43-47-51-57(62)63-52-48-44-40-36-32-28-24-21-19-20-23-26-30-34-38-42-46-50-56(61)58-54(53-59)55(60)49-45-41-37-33-29-25-18-16-14-12-10-8-6-4-2/h17,19,21-22,28,32,45,49,54-55,59-60H,3-16,18,20,23-27,29-31,33-44,46-48,50-53H2,1-2H3,(H,58,61)/b21-19-,22-17-,32-28-,49-45+. The molecule has 63 heavy (non-hydrogen) atoms. The van der Waals surface area contributed by atoms with Crippen molar-refractivity contribution in [3.63, 3.8) is 0 Å². The van der Waals surface area contributed by atoms with E-state index in [-0.39, 0.29) is 18.5 Å². The molecule has 0 fully saturated rings. The summed E-state index contributed by atoms with van der Waals surface area (Å²) >= 11 is 0. The molecule has 0 aromatic carbocycles. The molecule has 0 aromatic rings. The number of carbonyl (C=O) groups is 2. The van der Waals surface area contributed by atoms with E-state index in [1.807, 2.05) is 6.08 Å². The lowest BCUT2D eigenvalue weighted by molar-refractivity contribution is -0.143. The second kappa shape index (κ2) is 52.4. The van der Waals surface area contributed by atoms with Gasteiger partial charge in [-0.3, -0.25) is 9.59 Å². The number of aliphatic hydroxyl groups excluding tert-OH is 2. The van der Waals surface area contributed by atoms with Crippen molar-refractivity contribution in [2.45, 2.75) is 289 Å². The van der Waals surface area contributed by atoms with Crippen LogP contribution in [0, 0.1) is 0 Å². The van der Waals surface area contributed by atoms with Gasteiger partial charge in [-0.25, -0.2) is 0 Å². The van der Waals surface area contributed by atoms with Gasteiger partial charge in [-0.15, -0.1) is 0 Å². The minimum Gasteiger partial charge on any atom is -0.466 e. The number of hydrogen-bond donors (Lipinski definition) is 3. The molecule has 368 valence electrons. The maximum absolute atomic E-state index is 12.4. The number of carbonyl (C=O) groups excluding carboxylic acids is 2. The first kappa shape index (κ1) is 60.8. The van der Waals surface area contributed by atoms with Crippen molar-refractivity contribution in [1.82, 2.24) is 5.32 Å². The first-order chi connectivity index (χ1) is 31.0. The molecule has 0 saturated heterocycles. The van der Waals surface area contributed by atoms with Crippen LogP contribution in [0.2, 0.25) is 0 Å². The maximum atomic E-state index is 12.4. The Morgan fingerprint density at radius 2 is 0.794 bits per heavy atom. The summed E-state index contributed by atoms with van der Waals surface area (Å²) in [5.41, 5.74) is 0. The highest BCUT2D eigenvalue weighted by Crippen LogP contribution is 2.15. The van der Waals surface area contributed by atoms with Crippen molar-refractivity contribution in [3.05, 3.63) is 48.6 Å². The smallest absolute Gasteiger partial charge is 0.305 e. The Labute approximate surface area is 391 Å². The van der Waals surface area contributed by atoms with Crippen LogP contribution in [0.5, 0.6) is 0 Å². The summed E-state index contributed by atoms with van der Waals surface area (Å²) in [5.74, 6) is -0.110. The maximum Gasteiger partial charge on any atom is 0.305 e. The summed E-state index contributed by atoms with van der Waals surface area (Å²) < 4.78 is 5.44. The molecule has 0 aliphatic carbocycles. The quantitative estimate of drug-likeness (QED) is 0.0321. The molecule has 6 nitrogen and oxygen atoms in total. The number of unbranched alkanes of at least 4 members (excludes halogenated alkanes) is 33. The topological polar surface area (TPSA) is 95.9 Å². The number of amides is 1. The van der Waals surface area contributed by atoms with Gasteiger partial charge in [-0.1, -0.05) is 217 Å². The molecule has 3 N–H and O–H groups in total. The van der Waals surface area contributed by atoms with E-state index in [4.69, 9.17) is 4.74 Å². The van der Waals surface area contributed by atoms with Crippen LogP contribution in [-0.4, -0.2) is 47.4 Å². The number of aliphatic hydroxyl groups is 2. The van der Waals surface area contributed by atoms with Crippen molar-refractivity contribution < 1.29 is 24.5 Å². The first-order valence-electron chi connectivity index (χ1n) is 27.4. The number of nitrogens with one attached hydrogen (secondary N) is 1. The van der Waals surface area contributed by atoms with Crippen LogP contribution in [0.15, 0.2) is 48.6 Å². The van der Waals surface area contributed by atoms with Gasteiger partial charge in [-0.05, 0) is 96.3 Å². The fourth-order valence-corrected chi connectivity index (χ4v) is 8.07. The van der Waals surface area contributed by atoms with Crippen molar-refractivity contribution in [2.75, 3.05) is 13.2 Å². The summed E-state index contributed by atoms with van der Waals surface area (Å²) in [4.78, 5) is 24.4. The fourth-order valence-electron chi connectivity index (χ4n) is 8.07. The van der Waals surface area contributed by atoms with E-state index in [1.54, 1.807) is 6.08 Å². The SMILES string of the molecule is CCCCCCCC/C=C\CCCCCCCC(=O)OCCCCC/C=C\C/C=C\CCCCCCCCCC(=O)NC(CO)C(O)/C=C/CCCCCCCCCCCCCC. The summed E-state index contributed by atoms with van der Waals surface area (Å²) in [7, 11) is 0. The van der Waals surface area contributed by atoms with Gasteiger partial charge >= 0.3 is 5.97 Å². The number of esters is 1. The van der Waals surface area contributed by atoms with Gasteiger partial charge in [0, 0.05) is 12.8 Å². The van der Waals surface area contributed by atoms with Crippen molar-refractivity contribution in [3.8, 4) is 0 Å². The molecular formula is C57H105NO5. The highest BCUT2D eigenvalue weighted by atomic mass is 16.5. The average molecular weight is 884 g/mol. The van der Waals surface area contributed by atoms with E-state index in [9.17, 15) is 19.8 Å². The van der Waals surface area contributed by atoms with Crippen LogP contribution >= 0.6 is 0 Å². The molecule has 0 bridgehead atoms. The molecule has 0 saturated carbocycles. The number of hydrogen-bond acceptors (Lipinski definition) is 5. The Morgan fingerprint density at radius 3 is 1.22 bits per heavy atom. The lowest BCUT2D eigenvalue weighted by Gasteiger charge is -2.20. The van der Waals surface area contributed by atoms with Crippen LogP contribution in [0.1, 0.15) is 277 Å². The van der Waals surface area contributed by atoms with Crippen LogP contribution < -0.4 is 5.32 Å². The monoisotopic (exact) mass is 884 g/mol. The number of allylic oxidation sites excluding steroid dienone is 7. The Kier molecular flexibility index (Phi) is 50.6. The van der Waals surface area contributed by atoms with Gasteiger partial charge in [-0.2, -0.15) is 0 Å². The molecule has 2 unspecified atom stereocenters. The summed E-state index contributed by atoms with van der Waals surface area (Å²) in [6.45, 7) is 4.84. The van der Waals surface area contributed by atoms with E-state index in [2.05, 4.69) is 55.6 Å². The normalized spacial score (nSPS) is 13.0. The highest BCUT2D eigenvalue weighted by molar-refractivity contribution is 5.76. The lowest BCUT2D eigenvalue weighted by atomic mass is 10.0. The van der Waals surface area contributed by atoms with Gasteiger partial charge in [0.05, 0.1) is 25.4 Å². The van der Waals surface area contributed by atoms with E-state index in [0.29, 0.717) is 19.4 Å². The molecule has 0 aliphatic heterocycles. The van der Waals surface area contributed by atoms with E-state index in [1.165, 1.54) is 167 Å². The first-order valence-corrected chi connectivity index (χ1v) is 27.4. The molecule has 0 rings (SSSR count). The number of rotatable bonds is 50. The molecule has 1 amide bonds. The predicted octanol–water partition coefficient (Wildman–Crippen LogP) is 16.6. The van der Waals surface area contributed by atoms with Gasteiger partial charge in [0.1, 0.15) is 0 Å². The zero-order valence-corrected chi connectivity index (χ0v) is 41.8. The zero-order valence-electron chi connectivity index (χ0n) is 41.8. The number of ether oxygens (including phenoxy) is 1. The fraction of sp³-hybridized carbons (Fsp3) is 0.825. The predicted molar refractivity (Wildman–Crippen MR) is 273 cm³/mol. The van der Waals surface area contributed by atoms with Crippen molar-refractivity contribution >= 4 is 11.9 Å². The van der Waals surface area contributed by atoms with Gasteiger partial charge in [0.15, 0.2) is 0 Å². The zero-order chi connectivity index (χ0) is 45.8. The highest BCUT2D eigenvalue weighted by Gasteiger charge is 2.18. The van der Waals surface area contributed by atoms with E-state index < -0.39 is 12.1 Å². The van der Waals surface area contributed by atoms with Gasteiger partial charge in [0.25, 0.3) is 0 Å². The average Bonchev–Trinajstić information content (AvgIpc) is 3.28. The van der Waals surface area contributed by atoms with Gasteiger partial charge in [0.2, 0.25) is 5.91 Å². The Bertz CT molecular complexity index is 1070.